The zero-order chi connectivity index (χ0) is 14.5. The standard InChI is InChI=1S/C16H19FN4/c17-15-4-2-1-3-13(15)12-21-9-5-14(6-10-21)20-16-11-18-7-8-19-16/h1-4,7-8,11,14H,5-6,9-10,12H2,(H,19,20). The van der Waals surface area contributed by atoms with Gasteiger partial charge in [0.2, 0.25) is 0 Å². The molecule has 21 heavy (non-hydrogen) atoms. The molecule has 0 atom stereocenters. The summed E-state index contributed by atoms with van der Waals surface area (Å²) in [7, 11) is 0. The minimum atomic E-state index is -0.114. The van der Waals surface area contributed by atoms with Crippen LogP contribution in [-0.2, 0) is 6.54 Å². The van der Waals surface area contributed by atoms with Gasteiger partial charge in [-0.15, -0.1) is 0 Å². The molecule has 0 aliphatic carbocycles. The number of hydrogen-bond acceptors (Lipinski definition) is 4. The Morgan fingerprint density at radius 2 is 2.00 bits per heavy atom. The molecule has 1 aromatic heterocycles. The molecule has 4 nitrogen and oxygen atoms in total. The van der Waals surface area contributed by atoms with Crippen molar-refractivity contribution in [3.05, 3.63) is 54.2 Å². The molecule has 1 saturated heterocycles. The van der Waals surface area contributed by atoms with Crippen LogP contribution in [0.4, 0.5) is 10.2 Å². The van der Waals surface area contributed by atoms with E-state index >= 15 is 0 Å². The van der Waals surface area contributed by atoms with E-state index in [1.807, 2.05) is 12.1 Å². The molecule has 1 aromatic carbocycles. The average Bonchev–Trinajstić information content (AvgIpc) is 2.52. The van der Waals surface area contributed by atoms with Gasteiger partial charge in [-0.2, -0.15) is 0 Å². The maximum absolute atomic E-state index is 13.7. The van der Waals surface area contributed by atoms with E-state index in [1.54, 1.807) is 24.7 Å². The maximum atomic E-state index is 13.7. The lowest BCUT2D eigenvalue weighted by Gasteiger charge is -2.32. The summed E-state index contributed by atoms with van der Waals surface area (Å²) in [6, 6.07) is 7.42. The summed E-state index contributed by atoms with van der Waals surface area (Å²) in [5.74, 6) is 0.711. The summed E-state index contributed by atoms with van der Waals surface area (Å²) >= 11 is 0. The number of nitrogens with zero attached hydrogens (tertiary/aromatic N) is 3. The van der Waals surface area contributed by atoms with Crippen LogP contribution >= 0.6 is 0 Å². The Labute approximate surface area is 124 Å². The molecule has 1 fully saturated rings. The molecule has 0 bridgehead atoms. The molecule has 0 spiro atoms. The van der Waals surface area contributed by atoms with Crippen molar-refractivity contribution in [2.45, 2.75) is 25.4 Å². The van der Waals surface area contributed by atoms with Crippen LogP contribution in [0, 0.1) is 5.82 Å². The summed E-state index contributed by atoms with van der Waals surface area (Å²) in [6.45, 7) is 2.61. The van der Waals surface area contributed by atoms with E-state index in [-0.39, 0.29) is 5.82 Å². The largest absolute Gasteiger partial charge is 0.366 e. The van der Waals surface area contributed by atoms with Crippen LogP contribution in [0.5, 0.6) is 0 Å². The number of hydrogen-bond donors (Lipinski definition) is 1. The quantitative estimate of drug-likeness (QED) is 0.938. The molecule has 2 aromatic rings. The first kappa shape index (κ1) is 13.9. The predicted octanol–water partition coefficient (Wildman–Crippen LogP) is 2.69. The zero-order valence-corrected chi connectivity index (χ0v) is 11.9. The first-order valence-electron chi connectivity index (χ1n) is 7.29. The fraction of sp³-hybridized carbons (Fsp3) is 0.375. The van der Waals surface area contributed by atoms with Gasteiger partial charge in [0.15, 0.2) is 0 Å². The van der Waals surface area contributed by atoms with E-state index in [1.165, 1.54) is 6.07 Å². The van der Waals surface area contributed by atoms with Crippen molar-refractivity contribution in [1.29, 1.82) is 0 Å². The number of halogens is 1. The van der Waals surface area contributed by atoms with Crippen molar-refractivity contribution in [2.75, 3.05) is 18.4 Å². The van der Waals surface area contributed by atoms with Gasteiger partial charge in [0.1, 0.15) is 11.6 Å². The second-order valence-corrected chi connectivity index (χ2v) is 5.38. The molecule has 5 heteroatoms. The molecule has 0 radical (unpaired) electrons. The van der Waals surface area contributed by atoms with Gasteiger partial charge in [0, 0.05) is 43.6 Å². The Hall–Kier alpha value is -2.01. The molecule has 1 N–H and O–H groups in total. The lowest BCUT2D eigenvalue weighted by atomic mass is 10.0. The van der Waals surface area contributed by atoms with Crippen molar-refractivity contribution >= 4 is 5.82 Å². The first-order valence-corrected chi connectivity index (χ1v) is 7.29. The molecule has 3 rings (SSSR count). The van der Waals surface area contributed by atoms with E-state index in [9.17, 15) is 4.39 Å². The summed E-state index contributed by atoms with van der Waals surface area (Å²) in [4.78, 5) is 10.6. The zero-order valence-electron chi connectivity index (χ0n) is 11.9. The summed E-state index contributed by atoms with van der Waals surface area (Å²) < 4.78 is 13.7. The van der Waals surface area contributed by atoms with Gasteiger partial charge in [0.05, 0.1) is 6.20 Å². The maximum Gasteiger partial charge on any atom is 0.144 e. The molecular weight excluding hydrogens is 267 g/mol. The van der Waals surface area contributed by atoms with E-state index in [2.05, 4.69) is 20.2 Å². The molecule has 2 heterocycles. The number of piperidine rings is 1. The summed E-state index contributed by atoms with van der Waals surface area (Å²) in [6.07, 6.45) is 7.17. The Kier molecular flexibility index (Phi) is 4.40. The smallest absolute Gasteiger partial charge is 0.144 e. The fourth-order valence-corrected chi connectivity index (χ4v) is 2.69. The van der Waals surface area contributed by atoms with E-state index < -0.39 is 0 Å². The monoisotopic (exact) mass is 286 g/mol. The topological polar surface area (TPSA) is 41.0 Å². The third-order valence-electron chi connectivity index (χ3n) is 3.85. The molecule has 0 unspecified atom stereocenters. The minimum Gasteiger partial charge on any atom is -0.366 e. The molecule has 1 aliphatic heterocycles. The van der Waals surface area contributed by atoms with Crippen LogP contribution in [-0.4, -0.2) is 34.0 Å². The molecule has 0 saturated carbocycles. The van der Waals surface area contributed by atoms with Crippen molar-refractivity contribution in [3.8, 4) is 0 Å². The van der Waals surface area contributed by atoms with Crippen LogP contribution in [0.25, 0.3) is 0 Å². The number of benzene rings is 1. The highest BCUT2D eigenvalue weighted by atomic mass is 19.1. The van der Waals surface area contributed by atoms with Gasteiger partial charge in [-0.3, -0.25) is 9.88 Å². The second-order valence-electron chi connectivity index (χ2n) is 5.38. The van der Waals surface area contributed by atoms with Gasteiger partial charge >= 0.3 is 0 Å². The van der Waals surface area contributed by atoms with Crippen LogP contribution in [0.15, 0.2) is 42.9 Å². The second kappa shape index (κ2) is 6.63. The molecular formula is C16H19FN4. The van der Waals surface area contributed by atoms with Gasteiger partial charge < -0.3 is 5.32 Å². The van der Waals surface area contributed by atoms with Gasteiger partial charge in [-0.05, 0) is 18.9 Å². The third-order valence-corrected chi connectivity index (χ3v) is 3.85. The van der Waals surface area contributed by atoms with E-state index in [0.29, 0.717) is 12.6 Å². The Morgan fingerprint density at radius 1 is 1.19 bits per heavy atom. The van der Waals surface area contributed by atoms with E-state index in [0.717, 1.165) is 37.3 Å². The number of anilines is 1. The van der Waals surface area contributed by atoms with Crippen molar-refractivity contribution in [1.82, 2.24) is 14.9 Å². The van der Waals surface area contributed by atoms with Crippen LogP contribution in [0.3, 0.4) is 0 Å². The van der Waals surface area contributed by atoms with Crippen molar-refractivity contribution < 1.29 is 4.39 Å². The molecule has 1 aliphatic rings. The SMILES string of the molecule is Fc1ccccc1CN1CCC(Nc2cnccn2)CC1. The highest BCUT2D eigenvalue weighted by Gasteiger charge is 2.20. The first-order chi connectivity index (χ1) is 10.3. The number of aromatic nitrogens is 2. The number of rotatable bonds is 4. The minimum absolute atomic E-state index is 0.114. The van der Waals surface area contributed by atoms with Gasteiger partial charge in [0.25, 0.3) is 0 Å². The normalized spacial score (nSPS) is 16.8. The Morgan fingerprint density at radius 3 is 2.71 bits per heavy atom. The molecule has 110 valence electrons. The van der Waals surface area contributed by atoms with Crippen molar-refractivity contribution in [2.24, 2.45) is 0 Å². The number of nitrogens with one attached hydrogen (secondary N) is 1. The highest BCUT2D eigenvalue weighted by Crippen LogP contribution is 2.17. The predicted molar refractivity (Wildman–Crippen MR) is 80.4 cm³/mol. The van der Waals surface area contributed by atoms with Crippen LogP contribution < -0.4 is 5.32 Å². The number of likely N-dealkylation sites (tertiary alicyclic amines) is 1. The molecule has 0 amide bonds. The van der Waals surface area contributed by atoms with Gasteiger partial charge in [-0.25, -0.2) is 9.37 Å². The van der Waals surface area contributed by atoms with Crippen LogP contribution in [0.1, 0.15) is 18.4 Å². The lowest BCUT2D eigenvalue weighted by molar-refractivity contribution is 0.209. The Balaban J connectivity index is 1.50. The summed E-state index contributed by atoms with van der Waals surface area (Å²) in [5.41, 5.74) is 0.776. The van der Waals surface area contributed by atoms with E-state index in [4.69, 9.17) is 0 Å². The van der Waals surface area contributed by atoms with Crippen molar-refractivity contribution in [3.63, 3.8) is 0 Å². The fourth-order valence-electron chi connectivity index (χ4n) is 2.69. The third kappa shape index (κ3) is 3.76. The Bertz CT molecular complexity index is 567. The average molecular weight is 286 g/mol. The summed E-state index contributed by atoms with van der Waals surface area (Å²) in [5, 5.41) is 3.40. The van der Waals surface area contributed by atoms with Crippen LogP contribution in [0.2, 0.25) is 0 Å². The highest BCUT2D eigenvalue weighted by molar-refractivity contribution is 5.31. The lowest BCUT2D eigenvalue weighted by Crippen LogP contribution is -2.38. The van der Waals surface area contributed by atoms with Gasteiger partial charge in [-0.1, -0.05) is 18.2 Å².